The number of carbonyl (C=O) groups is 1. The summed E-state index contributed by atoms with van der Waals surface area (Å²) in [5.74, 6) is -0.448. The molecule has 7 heteroatoms. The number of para-hydroxylation sites is 1. The predicted molar refractivity (Wildman–Crippen MR) is 109 cm³/mol. The van der Waals surface area contributed by atoms with Gasteiger partial charge in [-0.25, -0.2) is 9.37 Å². The highest BCUT2D eigenvalue weighted by Gasteiger charge is 2.16. The van der Waals surface area contributed by atoms with Gasteiger partial charge in [0.2, 0.25) is 0 Å². The first kappa shape index (κ1) is 20.1. The van der Waals surface area contributed by atoms with Crippen molar-refractivity contribution in [3.05, 3.63) is 64.2 Å². The lowest BCUT2D eigenvalue weighted by atomic mass is 10.1. The van der Waals surface area contributed by atoms with Crippen LogP contribution >= 0.6 is 11.8 Å². The van der Waals surface area contributed by atoms with E-state index in [4.69, 9.17) is 4.74 Å². The molecule has 1 aromatic heterocycles. The van der Waals surface area contributed by atoms with Gasteiger partial charge in [0.25, 0.3) is 5.56 Å². The lowest BCUT2D eigenvalue weighted by molar-refractivity contribution is 0.102. The Morgan fingerprint density at radius 2 is 2.00 bits per heavy atom. The second-order valence-corrected chi connectivity index (χ2v) is 7.72. The maximum atomic E-state index is 13.9. The molecule has 1 heterocycles. The highest BCUT2D eigenvalue weighted by atomic mass is 32.2. The van der Waals surface area contributed by atoms with Gasteiger partial charge in [0.15, 0.2) is 22.5 Å². The Morgan fingerprint density at radius 3 is 2.68 bits per heavy atom. The van der Waals surface area contributed by atoms with E-state index in [1.807, 2.05) is 19.9 Å². The molecule has 0 saturated carbocycles. The average Bonchev–Trinajstić information content (AvgIpc) is 2.68. The highest BCUT2D eigenvalue weighted by Crippen LogP contribution is 2.22. The standard InChI is InChI=1S/C21H21FN2O3S/c1-13(2)11-24-20(26)15-6-4-5-7-17(15)23-21(24)28-12-18(25)14-8-9-19(27-3)16(22)10-14/h4-10,13H,11-12H2,1-3H3. The van der Waals surface area contributed by atoms with Crippen LogP contribution in [0.4, 0.5) is 4.39 Å². The number of aromatic nitrogens is 2. The second kappa shape index (κ2) is 8.56. The van der Waals surface area contributed by atoms with Gasteiger partial charge in [-0.1, -0.05) is 37.7 Å². The molecule has 0 unspecified atom stereocenters. The number of benzene rings is 2. The van der Waals surface area contributed by atoms with Gasteiger partial charge in [0.1, 0.15) is 0 Å². The fraction of sp³-hybridized carbons (Fsp3) is 0.286. The van der Waals surface area contributed by atoms with Crippen LogP contribution in [0.15, 0.2) is 52.4 Å². The molecule has 0 fully saturated rings. The van der Waals surface area contributed by atoms with Crippen LogP contribution < -0.4 is 10.3 Å². The summed E-state index contributed by atoms with van der Waals surface area (Å²) in [5.41, 5.74) is 0.729. The number of thioether (sulfide) groups is 1. The van der Waals surface area contributed by atoms with Crippen LogP contribution in [0.3, 0.4) is 0 Å². The van der Waals surface area contributed by atoms with Crippen molar-refractivity contribution in [1.29, 1.82) is 0 Å². The van der Waals surface area contributed by atoms with Gasteiger partial charge >= 0.3 is 0 Å². The third kappa shape index (κ3) is 4.25. The Morgan fingerprint density at radius 1 is 1.25 bits per heavy atom. The van der Waals surface area contributed by atoms with Crippen LogP contribution in [-0.2, 0) is 6.54 Å². The molecule has 0 N–H and O–H groups in total. The van der Waals surface area contributed by atoms with E-state index in [0.29, 0.717) is 22.6 Å². The highest BCUT2D eigenvalue weighted by molar-refractivity contribution is 7.99. The first-order chi connectivity index (χ1) is 13.4. The van der Waals surface area contributed by atoms with Gasteiger partial charge in [0.05, 0.1) is 23.8 Å². The van der Waals surface area contributed by atoms with Crippen molar-refractivity contribution < 1.29 is 13.9 Å². The van der Waals surface area contributed by atoms with Gasteiger partial charge in [-0.2, -0.15) is 0 Å². The number of hydrogen-bond donors (Lipinski definition) is 0. The van der Waals surface area contributed by atoms with Crippen molar-refractivity contribution in [2.45, 2.75) is 25.5 Å². The number of carbonyl (C=O) groups excluding carboxylic acids is 1. The molecule has 0 amide bonds. The summed E-state index contributed by atoms with van der Waals surface area (Å²) >= 11 is 1.19. The molecule has 0 aliphatic heterocycles. The fourth-order valence-electron chi connectivity index (χ4n) is 2.84. The molecule has 28 heavy (non-hydrogen) atoms. The molecular weight excluding hydrogens is 379 g/mol. The van der Waals surface area contributed by atoms with Crippen molar-refractivity contribution in [3.63, 3.8) is 0 Å². The van der Waals surface area contributed by atoms with Gasteiger partial charge in [-0.05, 0) is 36.2 Å². The summed E-state index contributed by atoms with van der Waals surface area (Å²) in [7, 11) is 1.37. The lowest BCUT2D eigenvalue weighted by Gasteiger charge is -2.14. The maximum Gasteiger partial charge on any atom is 0.262 e. The van der Waals surface area contributed by atoms with Crippen molar-refractivity contribution in [1.82, 2.24) is 9.55 Å². The third-order valence-electron chi connectivity index (χ3n) is 4.18. The molecule has 0 radical (unpaired) electrons. The van der Waals surface area contributed by atoms with Crippen LogP contribution in [0.2, 0.25) is 0 Å². The minimum atomic E-state index is -0.584. The van der Waals surface area contributed by atoms with E-state index in [2.05, 4.69) is 4.98 Å². The predicted octanol–water partition coefficient (Wildman–Crippen LogP) is 4.18. The molecule has 0 aliphatic carbocycles. The van der Waals surface area contributed by atoms with E-state index in [9.17, 15) is 14.0 Å². The Labute approximate surface area is 166 Å². The van der Waals surface area contributed by atoms with Crippen molar-refractivity contribution >= 4 is 28.4 Å². The molecule has 3 aromatic rings. The molecule has 3 rings (SSSR count). The number of hydrogen-bond acceptors (Lipinski definition) is 5. The van der Waals surface area contributed by atoms with E-state index >= 15 is 0 Å². The van der Waals surface area contributed by atoms with E-state index in [1.54, 1.807) is 22.8 Å². The van der Waals surface area contributed by atoms with Gasteiger partial charge in [0, 0.05) is 12.1 Å². The normalized spacial score (nSPS) is 11.2. The quantitative estimate of drug-likeness (QED) is 0.338. The first-order valence-corrected chi connectivity index (χ1v) is 9.88. The maximum absolute atomic E-state index is 13.9. The number of ketones is 1. The Kier molecular flexibility index (Phi) is 6.14. The van der Waals surface area contributed by atoms with Crippen molar-refractivity contribution in [2.75, 3.05) is 12.9 Å². The summed E-state index contributed by atoms with van der Waals surface area (Å²) in [6.07, 6.45) is 0. The topological polar surface area (TPSA) is 61.2 Å². The van der Waals surface area contributed by atoms with Crippen molar-refractivity contribution in [2.24, 2.45) is 5.92 Å². The molecule has 2 aromatic carbocycles. The number of Topliss-reactive ketones (excluding diaryl/α,β-unsaturated/α-hetero) is 1. The van der Waals surface area contributed by atoms with E-state index in [1.165, 1.54) is 31.0 Å². The van der Waals surface area contributed by atoms with Crippen LogP contribution in [0.5, 0.6) is 5.75 Å². The van der Waals surface area contributed by atoms with Gasteiger partial charge in [-0.15, -0.1) is 0 Å². The molecule has 0 saturated heterocycles. The van der Waals surface area contributed by atoms with E-state index in [0.717, 1.165) is 6.07 Å². The first-order valence-electron chi connectivity index (χ1n) is 8.89. The zero-order valence-electron chi connectivity index (χ0n) is 15.9. The number of halogens is 1. The summed E-state index contributed by atoms with van der Waals surface area (Å²) < 4.78 is 20.4. The Bertz CT molecular complexity index is 1080. The molecule has 0 bridgehead atoms. The number of fused-ring (bicyclic) bond motifs is 1. The summed E-state index contributed by atoms with van der Waals surface area (Å²) in [6, 6.07) is 11.3. The number of rotatable bonds is 7. The van der Waals surface area contributed by atoms with E-state index < -0.39 is 5.82 Å². The van der Waals surface area contributed by atoms with Gasteiger partial charge < -0.3 is 4.74 Å². The van der Waals surface area contributed by atoms with Crippen molar-refractivity contribution in [3.8, 4) is 5.75 Å². The van der Waals surface area contributed by atoms with Crippen LogP contribution in [0.25, 0.3) is 10.9 Å². The summed E-state index contributed by atoms with van der Waals surface area (Å²) in [4.78, 5) is 30.0. The molecule has 0 spiro atoms. The molecule has 5 nitrogen and oxygen atoms in total. The summed E-state index contributed by atoms with van der Waals surface area (Å²) in [5, 5.41) is 1.04. The average molecular weight is 400 g/mol. The summed E-state index contributed by atoms with van der Waals surface area (Å²) in [6.45, 7) is 4.53. The van der Waals surface area contributed by atoms with Crippen LogP contribution in [0, 0.1) is 11.7 Å². The third-order valence-corrected chi connectivity index (χ3v) is 5.16. The molecule has 0 atom stereocenters. The Balaban J connectivity index is 1.89. The number of methoxy groups -OCH3 is 1. The SMILES string of the molecule is COc1ccc(C(=O)CSc2nc3ccccc3c(=O)n2CC(C)C)cc1F. The van der Waals surface area contributed by atoms with E-state index in [-0.39, 0.29) is 34.3 Å². The number of ether oxygens (including phenoxy) is 1. The monoisotopic (exact) mass is 400 g/mol. The van der Waals surface area contributed by atoms with Crippen LogP contribution in [-0.4, -0.2) is 28.2 Å². The minimum absolute atomic E-state index is 0.0502. The lowest BCUT2D eigenvalue weighted by Crippen LogP contribution is -2.25. The number of nitrogens with zero attached hydrogens (tertiary/aromatic N) is 2. The van der Waals surface area contributed by atoms with Gasteiger partial charge in [-0.3, -0.25) is 14.2 Å². The second-order valence-electron chi connectivity index (χ2n) is 6.78. The largest absolute Gasteiger partial charge is 0.494 e. The minimum Gasteiger partial charge on any atom is -0.494 e. The smallest absolute Gasteiger partial charge is 0.262 e. The molecule has 0 aliphatic rings. The Hall–Kier alpha value is -2.67. The molecule has 146 valence electrons. The molecular formula is C21H21FN2O3S. The zero-order chi connectivity index (χ0) is 20.3. The van der Waals surface area contributed by atoms with Crippen LogP contribution in [0.1, 0.15) is 24.2 Å². The zero-order valence-corrected chi connectivity index (χ0v) is 16.8. The fourth-order valence-corrected chi connectivity index (χ4v) is 3.74.